The Morgan fingerprint density at radius 3 is 2.64 bits per heavy atom. The Kier molecular flexibility index (Phi) is 4.79. The minimum Gasteiger partial charge on any atom is -0.350 e. The summed E-state index contributed by atoms with van der Waals surface area (Å²) in [5, 5.41) is 6.51. The number of likely N-dealkylation sites (tertiary alicyclic amines) is 1. The first-order chi connectivity index (χ1) is 13.2. The number of amides is 3. The number of anilines is 1. The summed E-state index contributed by atoms with van der Waals surface area (Å²) in [7, 11) is -3.32. The molecule has 1 spiro atoms. The Balaban J connectivity index is 1.42. The van der Waals surface area contributed by atoms with Gasteiger partial charge in [0.25, 0.3) is 0 Å². The highest BCUT2D eigenvalue weighted by atomic mass is 35.5. The fourth-order valence-corrected chi connectivity index (χ4v) is 5.72. The number of fused-ring (bicyclic) bond motifs is 2. The summed E-state index contributed by atoms with van der Waals surface area (Å²) in [6, 6.07) is 6.76. The lowest BCUT2D eigenvalue weighted by molar-refractivity contribution is -0.123. The van der Waals surface area contributed by atoms with Crippen LogP contribution in [0.4, 0.5) is 10.5 Å². The molecular formula is C18H23ClN4O4S. The zero-order valence-corrected chi connectivity index (χ0v) is 17.1. The number of carbonyl (C=O) groups excluding carboxylic acids is 2. The van der Waals surface area contributed by atoms with Gasteiger partial charge < -0.3 is 15.5 Å². The summed E-state index contributed by atoms with van der Waals surface area (Å²) in [5.41, 5.74) is 0.195. The molecule has 2 atom stereocenters. The van der Waals surface area contributed by atoms with E-state index in [0.29, 0.717) is 43.2 Å². The molecule has 0 aromatic heterocycles. The lowest BCUT2D eigenvalue weighted by atomic mass is 9.75. The van der Waals surface area contributed by atoms with Crippen molar-refractivity contribution in [1.29, 1.82) is 0 Å². The number of piperidine rings is 1. The maximum absolute atomic E-state index is 12.6. The zero-order chi connectivity index (χ0) is 20.1. The largest absolute Gasteiger partial charge is 0.350 e. The molecule has 3 aliphatic rings. The summed E-state index contributed by atoms with van der Waals surface area (Å²) in [6.45, 7) is 1.59. The summed E-state index contributed by atoms with van der Waals surface area (Å²) in [4.78, 5) is 26.7. The molecule has 8 nitrogen and oxygen atoms in total. The van der Waals surface area contributed by atoms with Gasteiger partial charge in [-0.2, -0.15) is 0 Å². The predicted molar refractivity (Wildman–Crippen MR) is 106 cm³/mol. The monoisotopic (exact) mass is 426 g/mol. The smallest absolute Gasteiger partial charge is 0.321 e. The molecule has 4 rings (SSSR count). The second-order valence-electron chi connectivity index (χ2n) is 7.87. The van der Waals surface area contributed by atoms with Crippen molar-refractivity contribution < 1.29 is 18.0 Å². The van der Waals surface area contributed by atoms with Crippen molar-refractivity contribution in [2.24, 2.45) is 11.8 Å². The van der Waals surface area contributed by atoms with E-state index in [2.05, 4.69) is 10.6 Å². The normalized spacial score (nSPS) is 26.9. The fraction of sp³-hybridized carbons (Fsp3) is 0.556. The van der Waals surface area contributed by atoms with E-state index < -0.39 is 15.6 Å². The lowest BCUT2D eigenvalue weighted by Crippen LogP contribution is -2.56. The highest BCUT2D eigenvalue weighted by Gasteiger charge is 2.58. The second kappa shape index (κ2) is 6.89. The van der Waals surface area contributed by atoms with Crippen molar-refractivity contribution in [3.8, 4) is 0 Å². The van der Waals surface area contributed by atoms with Crippen LogP contribution in [0.3, 0.4) is 0 Å². The maximum Gasteiger partial charge on any atom is 0.321 e. The fourth-order valence-electron chi connectivity index (χ4n) is 4.67. The number of nitrogens with zero attached hydrogens (tertiary/aromatic N) is 2. The summed E-state index contributed by atoms with van der Waals surface area (Å²) < 4.78 is 25.2. The van der Waals surface area contributed by atoms with Crippen LogP contribution in [0.5, 0.6) is 0 Å². The van der Waals surface area contributed by atoms with Crippen LogP contribution in [-0.2, 0) is 14.8 Å². The first-order valence-corrected chi connectivity index (χ1v) is 11.5. The SMILES string of the molecule is CS(=O)(=O)N1C[C@H]2C(=O)NC3(CCN(C(=O)Nc4cccc(Cl)c4)CC3)[C@H]2C1. The molecule has 0 aliphatic carbocycles. The van der Waals surface area contributed by atoms with E-state index in [-0.39, 0.29) is 30.3 Å². The first-order valence-electron chi connectivity index (χ1n) is 9.27. The number of halogens is 1. The first kappa shape index (κ1) is 19.5. The van der Waals surface area contributed by atoms with Crippen LogP contribution < -0.4 is 10.6 Å². The molecule has 3 heterocycles. The third kappa shape index (κ3) is 3.46. The molecule has 3 aliphatic heterocycles. The highest BCUT2D eigenvalue weighted by molar-refractivity contribution is 7.88. The van der Waals surface area contributed by atoms with Crippen molar-refractivity contribution in [3.05, 3.63) is 29.3 Å². The summed E-state index contributed by atoms with van der Waals surface area (Å²) in [5.74, 6) is -0.428. The maximum atomic E-state index is 12.6. The van der Waals surface area contributed by atoms with Gasteiger partial charge in [-0.25, -0.2) is 17.5 Å². The molecule has 0 bridgehead atoms. The number of rotatable bonds is 2. The van der Waals surface area contributed by atoms with E-state index in [4.69, 9.17) is 11.6 Å². The molecule has 28 heavy (non-hydrogen) atoms. The van der Waals surface area contributed by atoms with E-state index in [0.717, 1.165) is 0 Å². The lowest BCUT2D eigenvalue weighted by Gasteiger charge is -2.42. The Morgan fingerprint density at radius 1 is 1.29 bits per heavy atom. The number of hydrogen-bond donors (Lipinski definition) is 2. The van der Waals surface area contributed by atoms with Crippen LogP contribution in [0.1, 0.15) is 12.8 Å². The average Bonchev–Trinajstić information content (AvgIpc) is 3.17. The molecule has 10 heteroatoms. The number of urea groups is 1. The molecule has 3 fully saturated rings. The third-order valence-corrected chi connectivity index (χ3v) is 7.66. The minimum absolute atomic E-state index is 0.0483. The molecule has 1 aromatic rings. The molecule has 2 N–H and O–H groups in total. The van der Waals surface area contributed by atoms with Gasteiger partial charge in [0, 0.05) is 48.3 Å². The van der Waals surface area contributed by atoms with E-state index >= 15 is 0 Å². The van der Waals surface area contributed by atoms with Crippen molar-refractivity contribution in [3.63, 3.8) is 0 Å². The third-order valence-electron chi connectivity index (χ3n) is 6.19. The zero-order valence-electron chi connectivity index (χ0n) is 15.5. The number of nitrogens with one attached hydrogen (secondary N) is 2. The van der Waals surface area contributed by atoms with E-state index in [1.165, 1.54) is 10.6 Å². The van der Waals surface area contributed by atoms with Crippen molar-refractivity contribution in [1.82, 2.24) is 14.5 Å². The van der Waals surface area contributed by atoms with Crippen LogP contribution in [0.15, 0.2) is 24.3 Å². The van der Waals surface area contributed by atoms with E-state index in [9.17, 15) is 18.0 Å². The van der Waals surface area contributed by atoms with Crippen LogP contribution in [0.2, 0.25) is 5.02 Å². The van der Waals surface area contributed by atoms with Crippen molar-refractivity contribution >= 4 is 39.2 Å². The van der Waals surface area contributed by atoms with Gasteiger partial charge in [0.15, 0.2) is 0 Å². The topological polar surface area (TPSA) is 98.8 Å². The van der Waals surface area contributed by atoms with Gasteiger partial charge in [-0.1, -0.05) is 17.7 Å². The molecular weight excluding hydrogens is 404 g/mol. The van der Waals surface area contributed by atoms with Crippen LogP contribution in [0.25, 0.3) is 0 Å². The van der Waals surface area contributed by atoms with Crippen LogP contribution in [-0.4, -0.2) is 67.5 Å². The Labute approximate surface area is 169 Å². The van der Waals surface area contributed by atoms with Gasteiger partial charge >= 0.3 is 6.03 Å². The van der Waals surface area contributed by atoms with E-state index in [1.807, 2.05) is 0 Å². The molecule has 1 aromatic carbocycles. The summed E-state index contributed by atoms with van der Waals surface area (Å²) >= 11 is 5.95. The van der Waals surface area contributed by atoms with Gasteiger partial charge in [0.2, 0.25) is 15.9 Å². The van der Waals surface area contributed by atoms with Gasteiger partial charge in [0.1, 0.15) is 0 Å². The average molecular weight is 427 g/mol. The van der Waals surface area contributed by atoms with Gasteiger partial charge in [-0.3, -0.25) is 4.79 Å². The van der Waals surface area contributed by atoms with Crippen molar-refractivity contribution in [2.45, 2.75) is 18.4 Å². The molecule has 152 valence electrons. The van der Waals surface area contributed by atoms with Crippen LogP contribution >= 0.6 is 11.6 Å². The Hall–Kier alpha value is -1.84. The minimum atomic E-state index is -3.32. The molecule has 3 amide bonds. The number of benzene rings is 1. The van der Waals surface area contributed by atoms with E-state index in [1.54, 1.807) is 29.2 Å². The Bertz CT molecular complexity index is 914. The molecule has 3 saturated heterocycles. The molecule has 0 radical (unpaired) electrons. The molecule has 0 unspecified atom stereocenters. The Morgan fingerprint density at radius 2 is 2.00 bits per heavy atom. The van der Waals surface area contributed by atoms with Crippen molar-refractivity contribution in [2.75, 3.05) is 37.8 Å². The predicted octanol–water partition coefficient (Wildman–Crippen LogP) is 1.34. The highest BCUT2D eigenvalue weighted by Crippen LogP contribution is 2.44. The number of hydrogen-bond acceptors (Lipinski definition) is 4. The number of carbonyl (C=O) groups is 2. The molecule has 0 saturated carbocycles. The standard InChI is InChI=1S/C18H23ClN4O4S/c1-28(26,27)23-10-14-15(11-23)18(21-16(14)24)5-7-22(8-6-18)17(25)20-13-4-2-3-12(19)9-13/h2-4,9,14-15H,5-8,10-11H2,1H3,(H,20,25)(H,21,24)/t14-,15+/m1/s1. The van der Waals surface area contributed by atoms with Gasteiger partial charge in [-0.15, -0.1) is 0 Å². The summed E-state index contributed by atoms with van der Waals surface area (Å²) in [6.07, 6.45) is 2.41. The van der Waals surface area contributed by atoms with Gasteiger partial charge in [-0.05, 0) is 31.0 Å². The second-order valence-corrected chi connectivity index (χ2v) is 10.3. The quantitative estimate of drug-likeness (QED) is 0.745. The van der Waals surface area contributed by atoms with Crippen LogP contribution in [0, 0.1) is 11.8 Å². The number of sulfonamides is 1. The van der Waals surface area contributed by atoms with Gasteiger partial charge in [0.05, 0.1) is 12.2 Å².